The number of sulfonamides is 2. The molecule has 0 fully saturated rings. The van der Waals surface area contributed by atoms with Gasteiger partial charge in [-0.15, -0.1) is 0 Å². The highest BCUT2D eigenvalue weighted by atomic mass is 79.9. The minimum Gasteiger partial charge on any atom is -0.507 e. The molecule has 0 heterocycles. The molecule has 0 aliphatic heterocycles. The van der Waals surface area contributed by atoms with Crippen molar-refractivity contribution in [2.24, 2.45) is 0 Å². The highest BCUT2D eigenvalue weighted by Crippen LogP contribution is 2.31. The van der Waals surface area contributed by atoms with Gasteiger partial charge in [-0.1, -0.05) is 11.6 Å². The molecule has 0 saturated heterocycles. The van der Waals surface area contributed by atoms with Crippen LogP contribution in [0.2, 0.25) is 5.02 Å². The second-order valence-corrected chi connectivity index (χ2v) is 13.2. The van der Waals surface area contributed by atoms with Crippen LogP contribution >= 0.6 is 27.5 Å². The quantitative estimate of drug-likeness (QED) is 0.0948. The van der Waals surface area contributed by atoms with Gasteiger partial charge in [0, 0.05) is 12.1 Å². The summed E-state index contributed by atoms with van der Waals surface area (Å²) in [6.45, 7) is 0. The monoisotopic (exact) mass is 734 g/mol. The Labute approximate surface area is 260 Å². The first-order valence-electron chi connectivity index (χ1n) is 11.6. The van der Waals surface area contributed by atoms with Gasteiger partial charge >= 0.3 is 11.9 Å². The predicted octanol–water partition coefficient (Wildman–Crippen LogP) is 5.74. The molecule has 4 rings (SSSR count). The number of benzene rings is 4. The zero-order valence-electron chi connectivity index (χ0n) is 21.3. The summed E-state index contributed by atoms with van der Waals surface area (Å²) in [6, 6.07) is 9.04. The Morgan fingerprint density at radius 3 is 2.00 bits per heavy atom. The maximum Gasteiger partial charge on any atom is 0.347 e. The lowest BCUT2D eigenvalue weighted by molar-refractivity contribution is 0.0681. The van der Waals surface area contributed by atoms with Gasteiger partial charge in [0.25, 0.3) is 20.0 Å². The highest BCUT2D eigenvalue weighted by Gasteiger charge is 2.24. The van der Waals surface area contributed by atoms with Crippen LogP contribution in [-0.2, 0) is 20.0 Å². The molecule has 18 heteroatoms. The van der Waals surface area contributed by atoms with E-state index in [0.717, 1.165) is 54.6 Å². The molecule has 44 heavy (non-hydrogen) atoms. The lowest BCUT2D eigenvalue weighted by atomic mass is 10.1. The number of anilines is 2. The van der Waals surface area contributed by atoms with Crippen LogP contribution in [0.5, 0.6) is 11.5 Å². The number of aromatic hydroxyl groups is 1. The van der Waals surface area contributed by atoms with Crippen molar-refractivity contribution < 1.29 is 54.5 Å². The first-order valence-corrected chi connectivity index (χ1v) is 15.7. The summed E-state index contributed by atoms with van der Waals surface area (Å²) in [7, 11) is -9.07. The van der Waals surface area contributed by atoms with E-state index >= 15 is 0 Å². The number of esters is 1. The van der Waals surface area contributed by atoms with Gasteiger partial charge in [-0.25, -0.2) is 39.6 Å². The summed E-state index contributed by atoms with van der Waals surface area (Å²) in [5.41, 5.74) is -1.81. The van der Waals surface area contributed by atoms with E-state index in [4.69, 9.17) is 16.3 Å². The van der Waals surface area contributed by atoms with Crippen LogP contribution in [0.4, 0.5) is 24.5 Å². The molecule has 0 amide bonds. The Kier molecular flexibility index (Phi) is 9.15. The van der Waals surface area contributed by atoms with Gasteiger partial charge in [0.15, 0.2) is 0 Å². The molecule has 230 valence electrons. The number of carboxylic acid groups (broad SMARTS) is 1. The fourth-order valence-electron chi connectivity index (χ4n) is 3.55. The van der Waals surface area contributed by atoms with Crippen molar-refractivity contribution in [3.05, 3.63) is 105 Å². The van der Waals surface area contributed by atoms with E-state index in [1.165, 1.54) is 0 Å². The van der Waals surface area contributed by atoms with Gasteiger partial charge in [-0.3, -0.25) is 9.44 Å². The van der Waals surface area contributed by atoms with Gasteiger partial charge in [0.05, 0.1) is 25.8 Å². The molecule has 4 N–H and O–H groups in total. The van der Waals surface area contributed by atoms with E-state index in [-0.39, 0.29) is 15.8 Å². The van der Waals surface area contributed by atoms with Crippen LogP contribution in [0.15, 0.2) is 81.0 Å². The first kappa shape index (κ1) is 32.6. The molecule has 4 aromatic rings. The number of ether oxygens (including phenoxy) is 1. The average Bonchev–Trinajstić information content (AvgIpc) is 2.91. The largest absolute Gasteiger partial charge is 0.507 e. The number of carboxylic acids is 1. The number of rotatable bonds is 9. The highest BCUT2D eigenvalue weighted by molar-refractivity contribution is 9.10. The third kappa shape index (κ3) is 7.07. The van der Waals surface area contributed by atoms with E-state index in [2.05, 4.69) is 20.7 Å². The number of halogens is 5. The Hall–Kier alpha value is -4.32. The standard InChI is InChI=1S/C26H15BrClF3N2O9S2/c27-17-10-21(31)24(11-20(17)30)44(40,41)33-12-1-4-15(22(34)7-12)26(37)42-23-8-13(2-5-16(23)25(35)36)32-43(38,39)14-3-6-19(29)18(28)9-14/h1-11,32-34H,(H,35,36). The van der Waals surface area contributed by atoms with E-state index in [0.29, 0.717) is 12.1 Å². The van der Waals surface area contributed by atoms with Crippen molar-refractivity contribution in [1.82, 2.24) is 0 Å². The zero-order chi connectivity index (χ0) is 32.6. The number of carbonyl (C=O) groups excluding carboxylic acids is 1. The van der Waals surface area contributed by atoms with Crippen LogP contribution in [0.25, 0.3) is 0 Å². The van der Waals surface area contributed by atoms with Crippen LogP contribution in [0.3, 0.4) is 0 Å². The Morgan fingerprint density at radius 1 is 0.773 bits per heavy atom. The van der Waals surface area contributed by atoms with E-state index in [1.807, 2.05) is 4.72 Å². The summed E-state index contributed by atoms with van der Waals surface area (Å²) in [5.74, 6) is -7.64. The maximum absolute atomic E-state index is 14.2. The van der Waals surface area contributed by atoms with Crippen molar-refractivity contribution in [1.29, 1.82) is 0 Å². The second kappa shape index (κ2) is 12.4. The van der Waals surface area contributed by atoms with E-state index in [1.54, 1.807) is 0 Å². The van der Waals surface area contributed by atoms with Gasteiger partial charge in [0.2, 0.25) is 0 Å². The summed E-state index contributed by atoms with van der Waals surface area (Å²) < 4.78 is 101. The predicted molar refractivity (Wildman–Crippen MR) is 154 cm³/mol. The topological polar surface area (TPSA) is 176 Å². The summed E-state index contributed by atoms with van der Waals surface area (Å²) in [4.78, 5) is 23.1. The third-order valence-electron chi connectivity index (χ3n) is 5.60. The number of hydrogen-bond acceptors (Lipinski definition) is 8. The van der Waals surface area contributed by atoms with E-state index < -0.39 is 86.9 Å². The lowest BCUT2D eigenvalue weighted by Crippen LogP contribution is -2.16. The fraction of sp³-hybridized carbons (Fsp3) is 0. The second-order valence-electron chi connectivity index (χ2n) is 8.62. The Morgan fingerprint density at radius 2 is 1.39 bits per heavy atom. The van der Waals surface area contributed by atoms with Gasteiger partial charge < -0.3 is 14.9 Å². The molecule has 0 aromatic heterocycles. The Bertz CT molecular complexity index is 2060. The molecule has 0 spiro atoms. The minimum absolute atomic E-state index is 0.274. The van der Waals surface area contributed by atoms with Gasteiger partial charge in [0.1, 0.15) is 45.0 Å². The summed E-state index contributed by atoms with van der Waals surface area (Å²) >= 11 is 8.37. The van der Waals surface area contributed by atoms with E-state index in [9.17, 15) is 49.8 Å². The van der Waals surface area contributed by atoms with Crippen LogP contribution < -0.4 is 14.2 Å². The molecular weight excluding hydrogens is 721 g/mol. The minimum atomic E-state index is -4.70. The average molecular weight is 736 g/mol. The molecule has 0 atom stereocenters. The van der Waals surface area contributed by atoms with Crippen LogP contribution in [0.1, 0.15) is 20.7 Å². The molecule has 0 bridgehead atoms. The molecule has 0 radical (unpaired) electrons. The van der Waals surface area contributed by atoms with Crippen molar-refractivity contribution >= 4 is 70.9 Å². The fourth-order valence-corrected chi connectivity index (χ4v) is 6.31. The van der Waals surface area contributed by atoms with Crippen LogP contribution in [-0.4, -0.2) is 39.0 Å². The summed E-state index contributed by atoms with van der Waals surface area (Å²) in [6.07, 6.45) is 0. The normalized spacial score (nSPS) is 11.6. The molecule has 0 saturated carbocycles. The molecule has 0 aliphatic carbocycles. The number of phenolic OH excluding ortho intramolecular Hbond substituents is 1. The number of carbonyl (C=O) groups is 2. The molecule has 0 aliphatic rings. The third-order valence-corrected chi connectivity index (χ3v) is 9.28. The molecule has 0 unspecified atom stereocenters. The van der Waals surface area contributed by atoms with Crippen molar-refractivity contribution in [3.63, 3.8) is 0 Å². The SMILES string of the molecule is O=C(Oc1cc(NS(=O)(=O)c2ccc(F)c(Cl)c2)ccc1C(=O)O)c1ccc(NS(=O)(=O)c2cc(F)c(Br)cc2F)cc1O. The summed E-state index contributed by atoms with van der Waals surface area (Å²) in [5, 5.41) is 19.4. The number of phenols is 1. The van der Waals surface area contributed by atoms with Crippen LogP contribution in [0, 0.1) is 17.5 Å². The number of nitrogens with one attached hydrogen (secondary N) is 2. The van der Waals surface area contributed by atoms with Crippen molar-refractivity contribution in [2.45, 2.75) is 9.79 Å². The molecular formula is C26H15BrClF3N2O9S2. The maximum atomic E-state index is 14.2. The first-order chi connectivity index (χ1) is 20.5. The number of aromatic carboxylic acids is 1. The lowest BCUT2D eigenvalue weighted by Gasteiger charge is -2.13. The zero-order valence-corrected chi connectivity index (χ0v) is 25.3. The Balaban J connectivity index is 1.58. The number of hydrogen-bond donors (Lipinski definition) is 4. The molecule has 11 nitrogen and oxygen atoms in total. The van der Waals surface area contributed by atoms with Crippen molar-refractivity contribution in [2.75, 3.05) is 9.44 Å². The van der Waals surface area contributed by atoms with Gasteiger partial charge in [-0.2, -0.15) is 0 Å². The smallest absolute Gasteiger partial charge is 0.347 e. The molecule has 4 aromatic carbocycles. The van der Waals surface area contributed by atoms with Crippen molar-refractivity contribution in [3.8, 4) is 11.5 Å². The van der Waals surface area contributed by atoms with Gasteiger partial charge in [-0.05, 0) is 70.5 Å².